The number of benzene rings is 2. The van der Waals surface area contributed by atoms with Crippen LogP contribution in [0.25, 0.3) is 11.1 Å². The van der Waals surface area contributed by atoms with E-state index < -0.39 is 29.4 Å². The molecule has 2 nitrogen and oxygen atoms in total. The highest BCUT2D eigenvalue weighted by molar-refractivity contribution is 5.86. The molecule has 2 rings (SSSR count). The SMILES string of the molecule is O=C([O-])c1ccc(-c2cc(C(F)(F)F)cc(C(F)(F)F)c2)cc1. The number of alkyl halides is 6. The zero-order valence-electron chi connectivity index (χ0n) is 11.1. The summed E-state index contributed by atoms with van der Waals surface area (Å²) in [5.41, 5.74) is -3.42. The molecule has 0 aliphatic rings. The Labute approximate surface area is 126 Å². The van der Waals surface area contributed by atoms with Gasteiger partial charge in [0.05, 0.1) is 17.1 Å². The summed E-state index contributed by atoms with van der Waals surface area (Å²) in [5, 5.41) is 10.6. The largest absolute Gasteiger partial charge is 0.545 e. The van der Waals surface area contributed by atoms with Gasteiger partial charge in [-0.1, -0.05) is 24.3 Å². The topological polar surface area (TPSA) is 40.1 Å². The Morgan fingerprint density at radius 2 is 1.17 bits per heavy atom. The van der Waals surface area contributed by atoms with Crippen molar-refractivity contribution in [3.8, 4) is 11.1 Å². The van der Waals surface area contributed by atoms with Crippen molar-refractivity contribution in [3.05, 3.63) is 59.2 Å². The van der Waals surface area contributed by atoms with Crippen LogP contribution in [0.15, 0.2) is 42.5 Å². The van der Waals surface area contributed by atoms with Gasteiger partial charge in [0, 0.05) is 0 Å². The van der Waals surface area contributed by atoms with Crippen LogP contribution in [0.2, 0.25) is 0 Å². The minimum Gasteiger partial charge on any atom is -0.545 e. The number of halogens is 6. The van der Waals surface area contributed by atoms with E-state index >= 15 is 0 Å². The summed E-state index contributed by atoms with van der Waals surface area (Å²) in [4.78, 5) is 10.6. The molecule has 8 heteroatoms. The van der Waals surface area contributed by atoms with Gasteiger partial charge in [0.25, 0.3) is 0 Å². The lowest BCUT2D eigenvalue weighted by atomic mass is 9.98. The van der Waals surface area contributed by atoms with Gasteiger partial charge in [0.2, 0.25) is 0 Å². The molecule has 0 aliphatic carbocycles. The molecule has 0 radical (unpaired) electrons. The van der Waals surface area contributed by atoms with E-state index in [0.29, 0.717) is 12.1 Å². The van der Waals surface area contributed by atoms with Crippen LogP contribution >= 0.6 is 0 Å². The molecule has 0 saturated heterocycles. The van der Waals surface area contributed by atoms with Crippen LogP contribution in [-0.4, -0.2) is 5.97 Å². The second-order valence-corrected chi connectivity index (χ2v) is 4.66. The Bertz CT molecular complexity index is 697. The van der Waals surface area contributed by atoms with E-state index in [1.54, 1.807) is 0 Å². The number of hydrogen-bond acceptors (Lipinski definition) is 2. The highest BCUT2D eigenvalue weighted by Gasteiger charge is 2.36. The van der Waals surface area contributed by atoms with E-state index in [-0.39, 0.29) is 22.8 Å². The number of rotatable bonds is 2. The van der Waals surface area contributed by atoms with Crippen LogP contribution in [0.4, 0.5) is 26.3 Å². The van der Waals surface area contributed by atoms with Gasteiger partial charge >= 0.3 is 12.4 Å². The molecule has 2 aromatic carbocycles. The smallest absolute Gasteiger partial charge is 0.416 e. The Balaban J connectivity index is 2.59. The fraction of sp³-hybridized carbons (Fsp3) is 0.133. The molecule has 0 aliphatic heterocycles. The van der Waals surface area contributed by atoms with Crippen LogP contribution in [0.3, 0.4) is 0 Å². The van der Waals surface area contributed by atoms with Gasteiger partial charge in [-0.3, -0.25) is 0 Å². The average Bonchev–Trinajstić information content (AvgIpc) is 2.45. The van der Waals surface area contributed by atoms with E-state index in [0.717, 1.165) is 24.3 Å². The molecular formula is C15H7F6O2-. The highest BCUT2D eigenvalue weighted by Crippen LogP contribution is 2.38. The van der Waals surface area contributed by atoms with Crippen LogP contribution in [0.5, 0.6) is 0 Å². The lowest BCUT2D eigenvalue weighted by Gasteiger charge is -2.14. The van der Waals surface area contributed by atoms with E-state index in [4.69, 9.17) is 0 Å². The second kappa shape index (κ2) is 5.60. The Morgan fingerprint density at radius 1 is 0.739 bits per heavy atom. The van der Waals surface area contributed by atoms with Gasteiger partial charge < -0.3 is 9.90 Å². The number of carbonyl (C=O) groups is 1. The third-order valence-electron chi connectivity index (χ3n) is 3.04. The third kappa shape index (κ3) is 3.82. The molecule has 0 fully saturated rings. The van der Waals surface area contributed by atoms with E-state index in [2.05, 4.69) is 0 Å². The molecule has 2 aromatic rings. The maximum absolute atomic E-state index is 12.8. The monoisotopic (exact) mass is 333 g/mol. The minimum atomic E-state index is -4.94. The van der Waals surface area contributed by atoms with Gasteiger partial charge in [-0.15, -0.1) is 0 Å². The molecule has 0 N–H and O–H groups in total. The molecule has 23 heavy (non-hydrogen) atoms. The Morgan fingerprint density at radius 3 is 1.52 bits per heavy atom. The van der Waals surface area contributed by atoms with Crippen molar-refractivity contribution >= 4 is 5.97 Å². The van der Waals surface area contributed by atoms with Crippen LogP contribution in [0, 0.1) is 0 Å². The fourth-order valence-electron chi connectivity index (χ4n) is 1.92. The lowest BCUT2D eigenvalue weighted by molar-refractivity contribution is -0.255. The molecule has 0 spiro atoms. The zero-order valence-corrected chi connectivity index (χ0v) is 11.1. The normalized spacial score (nSPS) is 12.3. The molecule has 0 amide bonds. The molecule has 0 atom stereocenters. The Kier molecular flexibility index (Phi) is 4.10. The van der Waals surface area contributed by atoms with E-state index in [9.17, 15) is 36.2 Å². The second-order valence-electron chi connectivity index (χ2n) is 4.66. The van der Waals surface area contributed by atoms with Crippen LogP contribution < -0.4 is 5.11 Å². The quantitative estimate of drug-likeness (QED) is 0.785. The van der Waals surface area contributed by atoms with Gasteiger partial charge in [0.15, 0.2) is 0 Å². The van der Waals surface area contributed by atoms with Crippen molar-refractivity contribution in [2.45, 2.75) is 12.4 Å². The van der Waals surface area contributed by atoms with Crippen molar-refractivity contribution in [2.75, 3.05) is 0 Å². The molecular weight excluding hydrogens is 326 g/mol. The summed E-state index contributed by atoms with van der Waals surface area (Å²) in [5.74, 6) is -1.50. The predicted molar refractivity (Wildman–Crippen MR) is 66.2 cm³/mol. The number of carbonyl (C=O) groups excluding carboxylic acids is 1. The van der Waals surface area contributed by atoms with Crippen LogP contribution in [0.1, 0.15) is 21.5 Å². The lowest BCUT2D eigenvalue weighted by Crippen LogP contribution is -2.21. The van der Waals surface area contributed by atoms with Gasteiger partial charge in [-0.05, 0) is 34.9 Å². The van der Waals surface area contributed by atoms with Gasteiger partial charge in [-0.25, -0.2) is 0 Å². The van der Waals surface area contributed by atoms with Crippen LogP contribution in [-0.2, 0) is 12.4 Å². The maximum Gasteiger partial charge on any atom is 0.416 e. The Hall–Kier alpha value is -2.51. The highest BCUT2D eigenvalue weighted by atomic mass is 19.4. The summed E-state index contributed by atoms with van der Waals surface area (Å²) in [6.45, 7) is 0. The summed E-state index contributed by atoms with van der Waals surface area (Å²) in [7, 11) is 0. The number of carboxylic acid groups (broad SMARTS) is 1. The number of hydrogen-bond donors (Lipinski definition) is 0. The first-order chi connectivity index (χ1) is 10.5. The third-order valence-corrected chi connectivity index (χ3v) is 3.04. The van der Waals surface area contributed by atoms with Crippen molar-refractivity contribution < 1.29 is 36.2 Å². The van der Waals surface area contributed by atoms with Crippen molar-refractivity contribution in [1.29, 1.82) is 0 Å². The summed E-state index contributed by atoms with van der Waals surface area (Å²) in [6, 6.07) is 5.48. The fourth-order valence-corrected chi connectivity index (χ4v) is 1.92. The van der Waals surface area contributed by atoms with Crippen molar-refractivity contribution in [2.24, 2.45) is 0 Å². The standard InChI is InChI=1S/C15H8F6O2/c16-14(17,18)11-5-10(6-12(7-11)15(19,20)21)8-1-3-9(4-2-8)13(22)23/h1-7H,(H,22,23)/p-1. The molecule has 0 heterocycles. The number of carboxylic acids is 1. The minimum absolute atomic E-state index is 0.0200. The molecule has 0 aromatic heterocycles. The van der Waals surface area contributed by atoms with E-state index in [1.165, 1.54) is 0 Å². The first-order valence-electron chi connectivity index (χ1n) is 6.10. The average molecular weight is 333 g/mol. The molecule has 0 unspecified atom stereocenters. The first-order valence-corrected chi connectivity index (χ1v) is 6.10. The summed E-state index contributed by atoms with van der Waals surface area (Å²) < 4.78 is 76.6. The van der Waals surface area contributed by atoms with E-state index in [1.807, 2.05) is 0 Å². The summed E-state index contributed by atoms with van der Waals surface area (Å²) >= 11 is 0. The van der Waals surface area contributed by atoms with Gasteiger partial charge in [0.1, 0.15) is 0 Å². The molecule has 0 saturated carbocycles. The summed E-state index contributed by atoms with van der Waals surface area (Å²) in [6.07, 6.45) is -9.89. The van der Waals surface area contributed by atoms with Gasteiger partial charge in [-0.2, -0.15) is 26.3 Å². The van der Waals surface area contributed by atoms with Crippen molar-refractivity contribution in [1.82, 2.24) is 0 Å². The zero-order chi connectivity index (χ0) is 17.4. The van der Waals surface area contributed by atoms with Crippen molar-refractivity contribution in [3.63, 3.8) is 0 Å². The predicted octanol–water partition coefficient (Wildman–Crippen LogP) is 3.75. The number of aromatic carboxylic acids is 1. The maximum atomic E-state index is 12.8. The first kappa shape index (κ1) is 16.9. The molecule has 0 bridgehead atoms. The molecule has 122 valence electrons.